The van der Waals surface area contributed by atoms with Gasteiger partial charge < -0.3 is 14.6 Å². The van der Waals surface area contributed by atoms with Crippen molar-refractivity contribution in [2.75, 3.05) is 13.7 Å². The molecule has 2 atom stereocenters. The van der Waals surface area contributed by atoms with Crippen molar-refractivity contribution in [1.29, 1.82) is 0 Å². The minimum atomic E-state index is 0.0805. The van der Waals surface area contributed by atoms with Crippen molar-refractivity contribution in [3.63, 3.8) is 0 Å². The third-order valence-corrected chi connectivity index (χ3v) is 4.09. The van der Waals surface area contributed by atoms with Gasteiger partial charge in [0.05, 0.1) is 12.1 Å². The maximum absolute atomic E-state index is 5.39. The first kappa shape index (κ1) is 13.7. The minimum absolute atomic E-state index is 0.0805. The third kappa shape index (κ3) is 2.63. The Balaban J connectivity index is 1.83. The number of hydrogen-bond acceptors (Lipinski definition) is 5. The summed E-state index contributed by atoms with van der Waals surface area (Å²) in [5.41, 5.74) is 2.10. The van der Waals surface area contributed by atoms with Crippen LogP contribution in [0.5, 0.6) is 0 Å². The topological polar surface area (TPSA) is 60.2 Å². The molecule has 0 amide bonds. The van der Waals surface area contributed by atoms with Crippen LogP contribution in [0, 0.1) is 6.92 Å². The monoisotopic (exact) mass is 337 g/mol. The molecule has 0 unspecified atom stereocenters. The molecule has 0 saturated carbocycles. The molecule has 1 aliphatic heterocycles. The van der Waals surface area contributed by atoms with E-state index in [0.29, 0.717) is 11.7 Å². The molecule has 0 bridgehead atoms. The SMILES string of the molecule is CO[C@@H]1CN[C@@H](c2nc(-c3ccc(Br)cc3C)no2)C1. The van der Waals surface area contributed by atoms with Crippen LogP contribution in [0.1, 0.15) is 23.9 Å². The first-order valence-electron chi connectivity index (χ1n) is 6.53. The van der Waals surface area contributed by atoms with E-state index in [2.05, 4.69) is 31.4 Å². The Morgan fingerprint density at radius 1 is 1.45 bits per heavy atom. The number of hydrogen-bond donors (Lipinski definition) is 1. The molecule has 1 saturated heterocycles. The van der Waals surface area contributed by atoms with E-state index in [1.807, 2.05) is 25.1 Å². The summed E-state index contributed by atoms with van der Waals surface area (Å²) in [5.74, 6) is 1.26. The number of nitrogens with zero attached hydrogens (tertiary/aromatic N) is 2. The van der Waals surface area contributed by atoms with Crippen LogP contribution in [-0.2, 0) is 4.74 Å². The Kier molecular flexibility index (Phi) is 3.87. The molecule has 1 N–H and O–H groups in total. The molecular weight excluding hydrogens is 322 g/mol. The van der Waals surface area contributed by atoms with Gasteiger partial charge in [-0.2, -0.15) is 4.98 Å². The lowest BCUT2D eigenvalue weighted by Gasteiger charge is -2.04. The van der Waals surface area contributed by atoms with Crippen molar-refractivity contribution in [3.05, 3.63) is 34.1 Å². The van der Waals surface area contributed by atoms with E-state index in [9.17, 15) is 0 Å². The fourth-order valence-electron chi connectivity index (χ4n) is 2.44. The second-order valence-electron chi connectivity index (χ2n) is 4.97. The molecule has 5 nitrogen and oxygen atoms in total. The van der Waals surface area contributed by atoms with Gasteiger partial charge in [-0.05, 0) is 37.1 Å². The van der Waals surface area contributed by atoms with E-state index in [1.54, 1.807) is 7.11 Å². The van der Waals surface area contributed by atoms with E-state index in [4.69, 9.17) is 9.26 Å². The van der Waals surface area contributed by atoms with Crippen LogP contribution >= 0.6 is 15.9 Å². The molecule has 1 fully saturated rings. The van der Waals surface area contributed by atoms with Gasteiger partial charge in [0, 0.05) is 23.7 Å². The molecule has 2 heterocycles. The molecule has 1 aromatic heterocycles. The van der Waals surface area contributed by atoms with E-state index >= 15 is 0 Å². The number of aryl methyl sites for hydroxylation is 1. The summed E-state index contributed by atoms with van der Waals surface area (Å²) in [6.07, 6.45) is 1.07. The molecule has 0 aliphatic carbocycles. The van der Waals surface area contributed by atoms with Crippen LogP contribution in [-0.4, -0.2) is 29.9 Å². The summed E-state index contributed by atoms with van der Waals surface area (Å²) in [6, 6.07) is 6.10. The summed E-state index contributed by atoms with van der Waals surface area (Å²) in [5, 5.41) is 7.42. The van der Waals surface area contributed by atoms with Crippen molar-refractivity contribution in [1.82, 2.24) is 15.5 Å². The van der Waals surface area contributed by atoms with Gasteiger partial charge in [-0.25, -0.2) is 0 Å². The van der Waals surface area contributed by atoms with Crippen molar-refractivity contribution < 1.29 is 9.26 Å². The lowest BCUT2D eigenvalue weighted by Crippen LogP contribution is -2.16. The van der Waals surface area contributed by atoms with E-state index < -0.39 is 0 Å². The van der Waals surface area contributed by atoms with Crippen LogP contribution in [0.15, 0.2) is 27.2 Å². The van der Waals surface area contributed by atoms with Gasteiger partial charge in [-0.15, -0.1) is 0 Å². The standard InChI is InChI=1S/C14H16BrN3O2/c1-8-5-9(15)3-4-11(8)13-17-14(20-18-13)12-6-10(19-2)7-16-12/h3-5,10,12,16H,6-7H2,1-2H3/t10-,12+/m0/s1. The number of aromatic nitrogens is 2. The molecule has 1 aliphatic rings. The number of rotatable bonds is 3. The Hall–Kier alpha value is -1.24. The molecule has 0 spiro atoms. The predicted molar refractivity (Wildman–Crippen MR) is 78.3 cm³/mol. The molecule has 0 radical (unpaired) electrons. The zero-order chi connectivity index (χ0) is 14.1. The summed E-state index contributed by atoms with van der Waals surface area (Å²) < 4.78 is 11.8. The second-order valence-corrected chi connectivity index (χ2v) is 5.89. The lowest BCUT2D eigenvalue weighted by atomic mass is 10.1. The number of ether oxygens (including phenoxy) is 1. The minimum Gasteiger partial charge on any atom is -0.380 e. The summed E-state index contributed by atoms with van der Waals surface area (Å²) in [6.45, 7) is 2.85. The molecule has 2 aromatic rings. The van der Waals surface area contributed by atoms with Crippen LogP contribution in [0.25, 0.3) is 11.4 Å². The Labute approximate surface area is 125 Å². The highest BCUT2D eigenvalue weighted by atomic mass is 79.9. The zero-order valence-electron chi connectivity index (χ0n) is 11.4. The maximum Gasteiger partial charge on any atom is 0.244 e. The average Bonchev–Trinajstić information content (AvgIpc) is 3.07. The van der Waals surface area contributed by atoms with Gasteiger partial charge in [-0.3, -0.25) is 0 Å². The first-order chi connectivity index (χ1) is 9.67. The second kappa shape index (κ2) is 5.63. The Morgan fingerprint density at radius 3 is 3.00 bits per heavy atom. The predicted octanol–water partition coefficient (Wildman–Crippen LogP) is 2.86. The van der Waals surface area contributed by atoms with Crippen LogP contribution in [0.4, 0.5) is 0 Å². The largest absolute Gasteiger partial charge is 0.380 e. The molecule has 6 heteroatoms. The highest BCUT2D eigenvalue weighted by Crippen LogP contribution is 2.28. The quantitative estimate of drug-likeness (QED) is 0.933. The average molecular weight is 338 g/mol. The summed E-state index contributed by atoms with van der Waals surface area (Å²) in [4.78, 5) is 4.51. The summed E-state index contributed by atoms with van der Waals surface area (Å²) in [7, 11) is 1.72. The number of methoxy groups -OCH3 is 1. The number of benzene rings is 1. The molecule has 1 aromatic carbocycles. The molecule has 20 heavy (non-hydrogen) atoms. The van der Waals surface area contributed by atoms with Gasteiger partial charge in [0.25, 0.3) is 0 Å². The zero-order valence-corrected chi connectivity index (χ0v) is 13.0. The van der Waals surface area contributed by atoms with Gasteiger partial charge >= 0.3 is 0 Å². The molecule has 3 rings (SSSR count). The van der Waals surface area contributed by atoms with Gasteiger partial charge in [0.15, 0.2) is 0 Å². The smallest absolute Gasteiger partial charge is 0.244 e. The van der Waals surface area contributed by atoms with E-state index in [1.165, 1.54) is 0 Å². The third-order valence-electron chi connectivity index (χ3n) is 3.59. The summed E-state index contributed by atoms with van der Waals surface area (Å²) >= 11 is 3.45. The van der Waals surface area contributed by atoms with E-state index in [0.717, 1.165) is 28.6 Å². The maximum atomic E-state index is 5.39. The van der Waals surface area contributed by atoms with E-state index in [-0.39, 0.29) is 12.1 Å². The number of nitrogens with one attached hydrogen (secondary N) is 1. The van der Waals surface area contributed by atoms with Gasteiger partial charge in [0.1, 0.15) is 0 Å². The fraction of sp³-hybridized carbons (Fsp3) is 0.429. The van der Waals surface area contributed by atoms with Crippen LogP contribution in [0.3, 0.4) is 0 Å². The normalized spacial score (nSPS) is 22.4. The lowest BCUT2D eigenvalue weighted by molar-refractivity contribution is 0.116. The first-order valence-corrected chi connectivity index (χ1v) is 7.33. The molecular formula is C14H16BrN3O2. The Bertz CT molecular complexity index is 614. The highest BCUT2D eigenvalue weighted by molar-refractivity contribution is 9.10. The van der Waals surface area contributed by atoms with Gasteiger partial charge in [-0.1, -0.05) is 21.1 Å². The van der Waals surface area contributed by atoms with Crippen molar-refractivity contribution in [3.8, 4) is 11.4 Å². The van der Waals surface area contributed by atoms with Crippen molar-refractivity contribution in [2.24, 2.45) is 0 Å². The highest BCUT2D eigenvalue weighted by Gasteiger charge is 2.29. The van der Waals surface area contributed by atoms with Crippen molar-refractivity contribution in [2.45, 2.75) is 25.5 Å². The fourth-order valence-corrected chi connectivity index (χ4v) is 2.91. The number of halogens is 1. The van der Waals surface area contributed by atoms with Crippen LogP contribution < -0.4 is 5.32 Å². The van der Waals surface area contributed by atoms with Gasteiger partial charge in [0.2, 0.25) is 11.7 Å². The molecule has 106 valence electrons. The van der Waals surface area contributed by atoms with Crippen molar-refractivity contribution >= 4 is 15.9 Å². The Morgan fingerprint density at radius 2 is 2.30 bits per heavy atom. The van der Waals surface area contributed by atoms with Crippen LogP contribution in [0.2, 0.25) is 0 Å².